The molecule has 12 heteroatoms. The van der Waals surface area contributed by atoms with Crippen LogP contribution in [-0.4, -0.2) is 32.9 Å². The Bertz CT molecular complexity index is 840. The van der Waals surface area contributed by atoms with Crippen molar-refractivity contribution in [3.8, 4) is 0 Å². The van der Waals surface area contributed by atoms with Crippen LogP contribution in [0.4, 0.5) is 33.6 Å². The molecule has 0 radical (unpaired) electrons. The Morgan fingerprint density at radius 2 is 2.04 bits per heavy atom. The van der Waals surface area contributed by atoms with Crippen LogP contribution in [0.25, 0.3) is 0 Å². The summed E-state index contributed by atoms with van der Waals surface area (Å²) in [7, 11) is 0. The maximum Gasteiger partial charge on any atom is 0.461 e. The van der Waals surface area contributed by atoms with Gasteiger partial charge >= 0.3 is 12.1 Å². The highest BCUT2D eigenvalue weighted by molar-refractivity contribution is 14.1. The molecule has 27 heavy (non-hydrogen) atoms. The van der Waals surface area contributed by atoms with E-state index in [4.69, 9.17) is 0 Å². The molecule has 0 aromatic carbocycles. The second-order valence-electron chi connectivity index (χ2n) is 5.93. The standard InChI is InChI=1S/C15H15F5IN5S/c1-3-27-10-5-8(21)6-22-12(10)26-7(2)4-9-11(25-26)24-13(23-9)14(16,17)15(18,19)20/h5-7,25H,3-4H2,1-2H3,(H,23,24). The number of aromatic nitrogens is 3. The summed E-state index contributed by atoms with van der Waals surface area (Å²) in [5, 5.41) is 1.65. The van der Waals surface area contributed by atoms with Gasteiger partial charge in [-0.25, -0.2) is 9.97 Å². The number of aromatic amines is 1. The predicted molar refractivity (Wildman–Crippen MR) is 101 cm³/mol. The Balaban J connectivity index is 1.96. The van der Waals surface area contributed by atoms with Crippen LogP contribution >= 0.6 is 34.4 Å². The van der Waals surface area contributed by atoms with Crippen LogP contribution in [0, 0.1) is 3.57 Å². The molecule has 5 nitrogen and oxygen atoms in total. The molecule has 1 aliphatic rings. The molecule has 2 N–H and O–H groups in total. The first-order chi connectivity index (χ1) is 12.5. The van der Waals surface area contributed by atoms with E-state index in [1.807, 2.05) is 19.9 Å². The van der Waals surface area contributed by atoms with E-state index in [0.717, 1.165) is 14.2 Å². The normalized spacial score (nSPS) is 17.6. The van der Waals surface area contributed by atoms with Gasteiger partial charge in [0, 0.05) is 16.2 Å². The average molecular weight is 519 g/mol. The molecule has 2 aromatic heterocycles. The molecule has 2 aromatic rings. The predicted octanol–water partition coefficient (Wildman–Crippen LogP) is 4.95. The minimum Gasteiger partial charge on any atom is -0.339 e. The van der Waals surface area contributed by atoms with Crippen molar-refractivity contribution < 1.29 is 22.0 Å². The Morgan fingerprint density at radius 3 is 2.67 bits per heavy atom. The summed E-state index contributed by atoms with van der Waals surface area (Å²) in [5.41, 5.74) is 3.04. The maximum absolute atomic E-state index is 13.6. The van der Waals surface area contributed by atoms with Crippen LogP contribution in [0.3, 0.4) is 0 Å². The third-order valence-corrected chi connectivity index (χ3v) is 5.42. The smallest absolute Gasteiger partial charge is 0.339 e. The fourth-order valence-corrected chi connectivity index (χ4v) is 4.12. The van der Waals surface area contributed by atoms with E-state index in [-0.39, 0.29) is 24.0 Å². The molecule has 0 aliphatic carbocycles. The molecule has 0 spiro atoms. The van der Waals surface area contributed by atoms with E-state index in [9.17, 15) is 22.0 Å². The van der Waals surface area contributed by atoms with Crippen molar-refractivity contribution in [2.45, 2.75) is 43.3 Å². The van der Waals surface area contributed by atoms with Gasteiger partial charge in [0.25, 0.3) is 0 Å². The molecule has 0 amide bonds. The van der Waals surface area contributed by atoms with E-state index < -0.39 is 17.9 Å². The third-order valence-electron chi connectivity index (χ3n) is 3.93. The lowest BCUT2D eigenvalue weighted by Crippen LogP contribution is -2.44. The number of thioether (sulfide) groups is 1. The number of nitrogens with one attached hydrogen (secondary N) is 2. The first kappa shape index (κ1) is 20.4. The number of hydrogen-bond acceptors (Lipinski definition) is 5. The highest BCUT2D eigenvalue weighted by Gasteiger charge is 2.61. The van der Waals surface area contributed by atoms with Gasteiger partial charge in [-0.15, -0.1) is 11.8 Å². The molecule has 0 fully saturated rings. The van der Waals surface area contributed by atoms with E-state index in [0.29, 0.717) is 5.82 Å². The summed E-state index contributed by atoms with van der Waals surface area (Å²) >= 11 is 3.70. The summed E-state index contributed by atoms with van der Waals surface area (Å²) in [6, 6.07) is 1.70. The molecule has 1 unspecified atom stereocenters. The SMILES string of the molecule is CCSc1cc(I)cnc1N1Nc2nc(C(F)(F)C(F)(F)F)[nH]c2CC1C. The molecule has 0 bridgehead atoms. The highest BCUT2D eigenvalue weighted by atomic mass is 127. The van der Waals surface area contributed by atoms with Gasteiger partial charge in [-0.05, 0) is 41.3 Å². The van der Waals surface area contributed by atoms with Gasteiger partial charge in [0.15, 0.2) is 17.5 Å². The quantitative estimate of drug-likeness (QED) is 0.340. The molecule has 1 aliphatic heterocycles. The lowest BCUT2D eigenvalue weighted by Gasteiger charge is -2.35. The maximum atomic E-state index is 13.6. The molecule has 0 saturated heterocycles. The van der Waals surface area contributed by atoms with Gasteiger partial charge in [0.2, 0.25) is 0 Å². The fourth-order valence-electron chi connectivity index (χ4n) is 2.66. The van der Waals surface area contributed by atoms with Crippen LogP contribution in [0.15, 0.2) is 17.2 Å². The van der Waals surface area contributed by atoms with Crippen LogP contribution in [0.5, 0.6) is 0 Å². The van der Waals surface area contributed by atoms with Crippen molar-refractivity contribution in [1.82, 2.24) is 15.0 Å². The first-order valence-electron chi connectivity index (χ1n) is 7.92. The Hall–Kier alpha value is -1.31. The van der Waals surface area contributed by atoms with Crippen molar-refractivity contribution in [3.63, 3.8) is 0 Å². The number of anilines is 2. The molecular weight excluding hydrogens is 504 g/mol. The van der Waals surface area contributed by atoms with Crippen molar-refractivity contribution in [3.05, 3.63) is 27.4 Å². The number of imidazole rings is 1. The summed E-state index contributed by atoms with van der Waals surface area (Å²) < 4.78 is 66.0. The first-order valence-corrected chi connectivity index (χ1v) is 9.99. The molecule has 3 heterocycles. The number of H-pyrrole nitrogens is 1. The second-order valence-corrected chi connectivity index (χ2v) is 8.48. The van der Waals surface area contributed by atoms with Gasteiger partial charge in [-0.3, -0.25) is 10.4 Å². The lowest BCUT2D eigenvalue weighted by molar-refractivity contribution is -0.292. The van der Waals surface area contributed by atoms with Crippen molar-refractivity contribution in [2.75, 3.05) is 16.2 Å². The summed E-state index contributed by atoms with van der Waals surface area (Å²) in [6.45, 7) is 3.80. The van der Waals surface area contributed by atoms with Crippen LogP contribution in [0.1, 0.15) is 25.4 Å². The number of halogens is 6. The van der Waals surface area contributed by atoms with Crippen molar-refractivity contribution in [1.29, 1.82) is 0 Å². The zero-order valence-electron chi connectivity index (χ0n) is 14.2. The molecule has 148 valence electrons. The van der Waals surface area contributed by atoms with Crippen molar-refractivity contribution >= 4 is 46.0 Å². The minimum absolute atomic E-state index is 0.0557. The fraction of sp³-hybridized carbons (Fsp3) is 0.467. The largest absolute Gasteiger partial charge is 0.461 e. The third kappa shape index (κ3) is 3.82. The van der Waals surface area contributed by atoms with Crippen LogP contribution in [0.2, 0.25) is 0 Å². The number of nitrogens with zero attached hydrogens (tertiary/aromatic N) is 3. The Labute approximate surface area is 169 Å². The number of fused-ring (bicyclic) bond motifs is 1. The van der Waals surface area contributed by atoms with E-state index >= 15 is 0 Å². The molecular formula is C15H15F5IN5S. The van der Waals surface area contributed by atoms with Crippen molar-refractivity contribution in [2.24, 2.45) is 0 Å². The van der Waals surface area contributed by atoms with E-state index in [2.05, 4.69) is 43.0 Å². The zero-order valence-corrected chi connectivity index (χ0v) is 17.1. The van der Waals surface area contributed by atoms with Crippen LogP contribution in [-0.2, 0) is 12.3 Å². The number of pyridine rings is 1. The Kier molecular flexibility index (Phi) is 5.49. The number of rotatable bonds is 4. The molecule has 3 rings (SSSR count). The summed E-state index contributed by atoms with van der Waals surface area (Å²) in [4.78, 5) is 10.9. The summed E-state index contributed by atoms with van der Waals surface area (Å²) in [5.74, 6) is -5.15. The van der Waals surface area contributed by atoms with Gasteiger partial charge in [0.05, 0.1) is 16.6 Å². The molecule has 1 atom stereocenters. The van der Waals surface area contributed by atoms with Gasteiger partial charge in [-0.2, -0.15) is 22.0 Å². The van der Waals surface area contributed by atoms with Crippen LogP contribution < -0.4 is 10.4 Å². The Morgan fingerprint density at radius 1 is 1.33 bits per heavy atom. The monoisotopic (exact) mass is 519 g/mol. The number of alkyl halides is 5. The number of hydrogen-bond donors (Lipinski definition) is 2. The highest BCUT2D eigenvalue weighted by Crippen LogP contribution is 2.44. The molecule has 0 saturated carbocycles. The zero-order chi connectivity index (χ0) is 20.0. The number of hydrazine groups is 1. The minimum atomic E-state index is -5.72. The summed E-state index contributed by atoms with van der Waals surface area (Å²) in [6.07, 6.45) is -3.85. The topological polar surface area (TPSA) is 56.8 Å². The van der Waals surface area contributed by atoms with Gasteiger partial charge in [-0.1, -0.05) is 6.92 Å². The average Bonchev–Trinajstić information content (AvgIpc) is 2.97. The van der Waals surface area contributed by atoms with Gasteiger partial charge in [0.1, 0.15) is 0 Å². The lowest BCUT2D eigenvalue weighted by atomic mass is 10.1. The van der Waals surface area contributed by atoms with E-state index in [1.165, 1.54) is 0 Å². The van der Waals surface area contributed by atoms with Gasteiger partial charge < -0.3 is 4.98 Å². The van der Waals surface area contributed by atoms with E-state index in [1.54, 1.807) is 23.0 Å². The second kappa shape index (κ2) is 7.26.